The highest BCUT2D eigenvalue weighted by Crippen LogP contribution is 2.23. The molecule has 0 spiro atoms. The lowest BCUT2D eigenvalue weighted by atomic mass is 9.84. The van der Waals surface area contributed by atoms with Crippen molar-refractivity contribution in [3.63, 3.8) is 0 Å². The quantitative estimate of drug-likeness (QED) is 0.775. The van der Waals surface area contributed by atoms with Crippen molar-refractivity contribution in [1.29, 1.82) is 0 Å². The van der Waals surface area contributed by atoms with Gasteiger partial charge in [-0.3, -0.25) is 14.4 Å². The minimum atomic E-state index is -0.762. The number of anilines is 1. The smallest absolute Gasteiger partial charge is 0.255 e. The van der Waals surface area contributed by atoms with Crippen LogP contribution in [0.15, 0.2) is 60.7 Å². The summed E-state index contributed by atoms with van der Waals surface area (Å²) in [6.45, 7) is 7.26. The molecule has 1 N–H and O–H groups in total. The summed E-state index contributed by atoms with van der Waals surface area (Å²) in [5.41, 5.74) is 3.32. The number of para-hydroxylation sites is 1. The Bertz CT molecular complexity index is 727. The van der Waals surface area contributed by atoms with Crippen LogP contribution < -0.4 is 10.4 Å². The summed E-state index contributed by atoms with van der Waals surface area (Å²) in [7, 11) is 0. The molecule has 0 unspecified atom stereocenters. The third-order valence-electron chi connectivity index (χ3n) is 4.24. The van der Waals surface area contributed by atoms with E-state index in [-0.39, 0.29) is 24.5 Å². The third-order valence-corrected chi connectivity index (χ3v) is 4.24. The first-order valence-electron chi connectivity index (χ1n) is 8.69. The SMILES string of the molecule is CC(C)N(C(=O)CONC(=O)C(C)(C)c1ccccc1)c1ccccc1. The second kappa shape index (κ2) is 8.63. The largest absolute Gasteiger partial charge is 0.308 e. The second-order valence-electron chi connectivity index (χ2n) is 6.90. The summed E-state index contributed by atoms with van der Waals surface area (Å²) in [5.74, 6) is -0.517. The van der Waals surface area contributed by atoms with Crippen LogP contribution in [0.25, 0.3) is 0 Å². The van der Waals surface area contributed by atoms with E-state index in [0.29, 0.717) is 0 Å². The summed E-state index contributed by atoms with van der Waals surface area (Å²) in [4.78, 5) is 31.9. The average Bonchev–Trinajstić information content (AvgIpc) is 2.63. The molecule has 2 aromatic carbocycles. The molecule has 0 aliphatic rings. The van der Waals surface area contributed by atoms with E-state index in [9.17, 15) is 9.59 Å². The Morgan fingerprint density at radius 1 is 1.00 bits per heavy atom. The molecule has 0 aliphatic carbocycles. The van der Waals surface area contributed by atoms with E-state index >= 15 is 0 Å². The third kappa shape index (κ3) is 4.70. The van der Waals surface area contributed by atoms with Gasteiger partial charge in [0.15, 0.2) is 6.61 Å². The van der Waals surface area contributed by atoms with Crippen LogP contribution in [0, 0.1) is 0 Å². The molecule has 5 heteroatoms. The van der Waals surface area contributed by atoms with Crippen molar-refractivity contribution in [2.75, 3.05) is 11.5 Å². The van der Waals surface area contributed by atoms with Crippen molar-refractivity contribution >= 4 is 17.5 Å². The number of hydroxylamine groups is 1. The molecule has 5 nitrogen and oxygen atoms in total. The van der Waals surface area contributed by atoms with Gasteiger partial charge in [-0.1, -0.05) is 48.5 Å². The van der Waals surface area contributed by atoms with E-state index in [1.54, 1.807) is 4.90 Å². The molecule has 26 heavy (non-hydrogen) atoms. The highest BCUT2D eigenvalue weighted by molar-refractivity contribution is 5.95. The molecule has 0 saturated carbocycles. The fraction of sp³-hybridized carbons (Fsp3) is 0.333. The number of amides is 2. The van der Waals surface area contributed by atoms with Crippen molar-refractivity contribution in [2.45, 2.75) is 39.2 Å². The first-order valence-corrected chi connectivity index (χ1v) is 8.69. The lowest BCUT2D eigenvalue weighted by Crippen LogP contribution is -2.44. The number of carbonyl (C=O) groups is 2. The van der Waals surface area contributed by atoms with E-state index in [0.717, 1.165) is 11.3 Å². The van der Waals surface area contributed by atoms with Crippen LogP contribution in [0.1, 0.15) is 33.3 Å². The van der Waals surface area contributed by atoms with Gasteiger partial charge in [-0.05, 0) is 45.4 Å². The van der Waals surface area contributed by atoms with Crippen LogP contribution in [0.2, 0.25) is 0 Å². The monoisotopic (exact) mass is 354 g/mol. The zero-order chi connectivity index (χ0) is 19.2. The molecule has 2 amide bonds. The first-order chi connectivity index (χ1) is 12.3. The highest BCUT2D eigenvalue weighted by Gasteiger charge is 2.30. The first kappa shape index (κ1) is 19.7. The fourth-order valence-corrected chi connectivity index (χ4v) is 2.67. The molecule has 2 rings (SSSR count). The number of hydrogen-bond donors (Lipinski definition) is 1. The molecule has 0 fully saturated rings. The van der Waals surface area contributed by atoms with Crippen LogP contribution in [0.3, 0.4) is 0 Å². The van der Waals surface area contributed by atoms with Gasteiger partial charge in [0.05, 0.1) is 5.41 Å². The van der Waals surface area contributed by atoms with E-state index in [1.165, 1.54) is 0 Å². The van der Waals surface area contributed by atoms with E-state index in [2.05, 4.69) is 5.48 Å². The van der Waals surface area contributed by atoms with Crippen molar-refractivity contribution in [3.05, 3.63) is 66.2 Å². The van der Waals surface area contributed by atoms with Gasteiger partial charge in [-0.15, -0.1) is 0 Å². The molecular formula is C21H26N2O3. The number of rotatable bonds is 7. The lowest BCUT2D eigenvalue weighted by molar-refractivity contribution is -0.142. The lowest BCUT2D eigenvalue weighted by Gasteiger charge is -2.27. The maximum atomic E-state index is 12.5. The van der Waals surface area contributed by atoms with Crippen LogP contribution in [-0.2, 0) is 19.8 Å². The van der Waals surface area contributed by atoms with Crippen molar-refractivity contribution in [1.82, 2.24) is 5.48 Å². The van der Waals surface area contributed by atoms with Crippen molar-refractivity contribution in [3.8, 4) is 0 Å². The number of carbonyl (C=O) groups excluding carboxylic acids is 2. The molecule has 0 heterocycles. The van der Waals surface area contributed by atoms with Gasteiger partial charge in [-0.2, -0.15) is 0 Å². The number of benzene rings is 2. The van der Waals surface area contributed by atoms with Gasteiger partial charge in [0, 0.05) is 11.7 Å². The number of hydrogen-bond acceptors (Lipinski definition) is 3. The predicted molar refractivity (Wildman–Crippen MR) is 103 cm³/mol. The summed E-state index contributed by atoms with van der Waals surface area (Å²) in [6, 6.07) is 18.8. The predicted octanol–water partition coefficient (Wildman–Crippen LogP) is 3.45. The standard InChI is InChI=1S/C21H26N2O3/c1-16(2)23(18-13-9-6-10-14-18)19(24)15-26-22-20(25)21(3,4)17-11-7-5-8-12-17/h5-14,16H,15H2,1-4H3,(H,22,25). The van der Waals surface area contributed by atoms with Gasteiger partial charge in [0.1, 0.15) is 0 Å². The van der Waals surface area contributed by atoms with E-state index < -0.39 is 5.41 Å². The summed E-state index contributed by atoms with van der Waals surface area (Å²) < 4.78 is 0. The summed E-state index contributed by atoms with van der Waals surface area (Å²) in [5, 5.41) is 0. The van der Waals surface area contributed by atoms with E-state index in [4.69, 9.17) is 4.84 Å². The Hall–Kier alpha value is -2.66. The van der Waals surface area contributed by atoms with Gasteiger partial charge in [0.25, 0.3) is 11.8 Å². The highest BCUT2D eigenvalue weighted by atomic mass is 16.7. The molecule has 138 valence electrons. The minimum absolute atomic E-state index is 0.0232. The molecule has 0 atom stereocenters. The Morgan fingerprint density at radius 2 is 1.54 bits per heavy atom. The molecule has 2 aromatic rings. The van der Waals surface area contributed by atoms with Crippen LogP contribution in [0.4, 0.5) is 5.69 Å². The Labute approximate surface area is 154 Å². The zero-order valence-corrected chi connectivity index (χ0v) is 15.7. The fourth-order valence-electron chi connectivity index (χ4n) is 2.67. The normalized spacial score (nSPS) is 11.3. The van der Waals surface area contributed by atoms with Gasteiger partial charge >= 0.3 is 0 Å². The van der Waals surface area contributed by atoms with Crippen LogP contribution in [-0.4, -0.2) is 24.5 Å². The maximum absolute atomic E-state index is 12.5. The second-order valence-corrected chi connectivity index (χ2v) is 6.90. The summed E-state index contributed by atoms with van der Waals surface area (Å²) >= 11 is 0. The molecule has 0 aliphatic heterocycles. The molecule has 0 aromatic heterocycles. The zero-order valence-electron chi connectivity index (χ0n) is 15.7. The van der Waals surface area contributed by atoms with Crippen LogP contribution in [0.5, 0.6) is 0 Å². The summed E-state index contributed by atoms with van der Waals surface area (Å²) in [6.07, 6.45) is 0. The Kier molecular flexibility index (Phi) is 6.52. The molecular weight excluding hydrogens is 328 g/mol. The Morgan fingerprint density at radius 3 is 2.08 bits per heavy atom. The maximum Gasteiger partial charge on any atom is 0.255 e. The van der Waals surface area contributed by atoms with Crippen molar-refractivity contribution in [2.24, 2.45) is 0 Å². The van der Waals surface area contributed by atoms with E-state index in [1.807, 2.05) is 88.4 Å². The van der Waals surface area contributed by atoms with Gasteiger partial charge < -0.3 is 4.90 Å². The van der Waals surface area contributed by atoms with Crippen LogP contribution >= 0.6 is 0 Å². The molecule has 0 bridgehead atoms. The van der Waals surface area contributed by atoms with Gasteiger partial charge in [0.2, 0.25) is 0 Å². The average molecular weight is 354 g/mol. The van der Waals surface area contributed by atoms with Crippen molar-refractivity contribution < 1.29 is 14.4 Å². The van der Waals surface area contributed by atoms with Gasteiger partial charge in [-0.25, -0.2) is 5.48 Å². The Balaban J connectivity index is 1.95. The molecule has 0 radical (unpaired) electrons. The topological polar surface area (TPSA) is 58.6 Å². The molecule has 0 saturated heterocycles. The number of nitrogens with one attached hydrogen (secondary N) is 1. The minimum Gasteiger partial charge on any atom is -0.308 e. The number of nitrogens with zero attached hydrogens (tertiary/aromatic N) is 1.